The van der Waals surface area contributed by atoms with E-state index in [1.807, 2.05) is 13.8 Å². The van der Waals surface area contributed by atoms with Crippen molar-refractivity contribution in [1.82, 2.24) is 4.98 Å². The van der Waals surface area contributed by atoms with Crippen LogP contribution in [0.5, 0.6) is 0 Å². The molecule has 0 saturated heterocycles. The SMILES string of the molecule is CC.Cc1ccc(Nc2c(C(=O)OCC(C)(C)O)oc3ccncc23)c(F)c1. The van der Waals surface area contributed by atoms with Crippen molar-refractivity contribution >= 4 is 28.3 Å². The Morgan fingerprint density at radius 3 is 2.68 bits per heavy atom. The molecule has 0 unspecified atom stereocenters. The molecule has 3 aromatic rings. The highest BCUT2D eigenvalue weighted by molar-refractivity contribution is 6.05. The van der Waals surface area contributed by atoms with Gasteiger partial charge in [0.1, 0.15) is 23.7 Å². The fraction of sp³-hybridized carbons (Fsp3) is 0.333. The van der Waals surface area contributed by atoms with Gasteiger partial charge in [-0.1, -0.05) is 19.9 Å². The predicted molar refractivity (Wildman–Crippen MR) is 106 cm³/mol. The molecule has 3 rings (SSSR count). The average Bonchev–Trinajstić information content (AvgIpc) is 3.02. The Morgan fingerprint density at radius 2 is 2.04 bits per heavy atom. The van der Waals surface area contributed by atoms with Crippen LogP contribution < -0.4 is 5.32 Å². The number of ether oxygens (including phenoxy) is 1. The van der Waals surface area contributed by atoms with Crippen molar-refractivity contribution in [3.8, 4) is 0 Å². The molecule has 7 heteroatoms. The molecule has 0 aliphatic rings. The normalized spacial score (nSPS) is 11.0. The van der Waals surface area contributed by atoms with Gasteiger partial charge >= 0.3 is 5.97 Å². The van der Waals surface area contributed by atoms with E-state index in [2.05, 4.69) is 10.3 Å². The van der Waals surface area contributed by atoms with Crippen LogP contribution >= 0.6 is 0 Å². The summed E-state index contributed by atoms with van der Waals surface area (Å²) in [5, 5.41) is 13.2. The number of pyridine rings is 1. The summed E-state index contributed by atoms with van der Waals surface area (Å²) in [5.41, 5.74) is 0.456. The largest absolute Gasteiger partial charge is 0.457 e. The van der Waals surface area contributed by atoms with Crippen LogP contribution in [0.4, 0.5) is 15.8 Å². The third-order valence-corrected chi connectivity index (χ3v) is 3.62. The number of hydrogen-bond donors (Lipinski definition) is 2. The van der Waals surface area contributed by atoms with Gasteiger partial charge in [-0.05, 0) is 44.5 Å². The Morgan fingerprint density at radius 1 is 1.32 bits per heavy atom. The van der Waals surface area contributed by atoms with Crippen molar-refractivity contribution in [3.05, 3.63) is 53.8 Å². The summed E-state index contributed by atoms with van der Waals surface area (Å²) in [4.78, 5) is 16.5. The standard InChI is InChI=1S/C19H19FN2O4.C2H6/c1-11-4-5-14(13(20)8-11)22-16-12-9-21-7-6-15(12)26-17(16)18(23)25-10-19(2,3)24;1-2/h4-9,22,24H,10H2,1-3H3;1-2H3. The highest BCUT2D eigenvalue weighted by atomic mass is 19.1. The fourth-order valence-corrected chi connectivity index (χ4v) is 2.37. The first-order valence-corrected chi connectivity index (χ1v) is 9.04. The number of halogens is 1. The number of esters is 1. The Hall–Kier alpha value is -2.93. The van der Waals surface area contributed by atoms with Crippen LogP contribution in [0.15, 0.2) is 41.1 Å². The summed E-state index contributed by atoms with van der Waals surface area (Å²) in [6.45, 7) is 8.61. The Bertz CT molecular complexity index is 961. The van der Waals surface area contributed by atoms with E-state index < -0.39 is 17.4 Å². The number of aryl methyl sites for hydroxylation is 1. The third kappa shape index (κ3) is 5.07. The number of furan rings is 1. The van der Waals surface area contributed by atoms with E-state index in [0.717, 1.165) is 5.56 Å². The van der Waals surface area contributed by atoms with Gasteiger partial charge in [0.25, 0.3) is 0 Å². The topological polar surface area (TPSA) is 84.6 Å². The van der Waals surface area contributed by atoms with Crippen LogP contribution in [0, 0.1) is 12.7 Å². The first-order valence-electron chi connectivity index (χ1n) is 9.04. The molecule has 0 spiro atoms. The monoisotopic (exact) mass is 388 g/mol. The van der Waals surface area contributed by atoms with Gasteiger partial charge in [-0.25, -0.2) is 9.18 Å². The van der Waals surface area contributed by atoms with Crippen LogP contribution in [-0.4, -0.2) is 28.3 Å². The van der Waals surface area contributed by atoms with Crippen LogP contribution in [0.2, 0.25) is 0 Å². The van der Waals surface area contributed by atoms with E-state index in [9.17, 15) is 14.3 Å². The van der Waals surface area contributed by atoms with Crippen LogP contribution in [0.25, 0.3) is 11.0 Å². The molecule has 0 saturated carbocycles. The van der Waals surface area contributed by atoms with Gasteiger partial charge in [0.15, 0.2) is 0 Å². The fourth-order valence-electron chi connectivity index (χ4n) is 2.37. The smallest absolute Gasteiger partial charge is 0.376 e. The number of anilines is 2. The van der Waals surface area contributed by atoms with Crippen molar-refractivity contribution in [2.45, 2.75) is 40.2 Å². The van der Waals surface area contributed by atoms with E-state index in [1.54, 1.807) is 25.1 Å². The van der Waals surface area contributed by atoms with E-state index in [1.165, 1.54) is 32.3 Å². The molecular weight excluding hydrogens is 363 g/mol. The van der Waals surface area contributed by atoms with Crippen LogP contribution in [-0.2, 0) is 4.74 Å². The molecular formula is C21H25FN2O4. The third-order valence-electron chi connectivity index (χ3n) is 3.62. The lowest BCUT2D eigenvalue weighted by Gasteiger charge is -2.16. The maximum atomic E-state index is 14.2. The molecule has 0 bridgehead atoms. The number of hydrogen-bond acceptors (Lipinski definition) is 6. The number of carbonyl (C=O) groups excluding carboxylic acids is 1. The van der Waals surface area contributed by atoms with Gasteiger partial charge in [0.2, 0.25) is 5.76 Å². The second kappa shape index (κ2) is 8.84. The van der Waals surface area contributed by atoms with E-state index in [0.29, 0.717) is 11.0 Å². The molecule has 0 aliphatic heterocycles. The predicted octanol–water partition coefficient (Wildman–Crippen LogP) is 4.97. The molecule has 0 aliphatic carbocycles. The van der Waals surface area contributed by atoms with E-state index in [4.69, 9.17) is 9.15 Å². The zero-order chi connectivity index (χ0) is 20.9. The summed E-state index contributed by atoms with van der Waals surface area (Å²) >= 11 is 0. The van der Waals surface area contributed by atoms with Gasteiger partial charge in [-0.3, -0.25) is 4.98 Å². The number of aromatic nitrogens is 1. The number of carbonyl (C=O) groups is 1. The van der Waals surface area contributed by atoms with Gasteiger partial charge in [-0.2, -0.15) is 0 Å². The molecule has 2 heterocycles. The molecule has 0 radical (unpaired) electrons. The quantitative estimate of drug-likeness (QED) is 0.600. The maximum Gasteiger partial charge on any atom is 0.376 e. The Balaban J connectivity index is 0.00000136. The van der Waals surface area contributed by atoms with Crippen molar-refractivity contribution in [1.29, 1.82) is 0 Å². The highest BCUT2D eigenvalue weighted by Gasteiger charge is 2.25. The number of aliphatic hydroxyl groups is 1. The Labute approximate surface area is 163 Å². The first-order chi connectivity index (χ1) is 13.2. The molecule has 0 fully saturated rings. The summed E-state index contributed by atoms with van der Waals surface area (Å²) < 4.78 is 24.9. The van der Waals surface area contributed by atoms with Crippen molar-refractivity contribution < 1.29 is 23.4 Å². The van der Waals surface area contributed by atoms with Crippen LogP contribution in [0.3, 0.4) is 0 Å². The van der Waals surface area contributed by atoms with Crippen molar-refractivity contribution in [3.63, 3.8) is 0 Å². The number of nitrogens with zero attached hydrogens (tertiary/aromatic N) is 1. The molecule has 2 N–H and O–H groups in total. The van der Waals surface area contributed by atoms with E-state index >= 15 is 0 Å². The zero-order valence-electron chi connectivity index (χ0n) is 16.7. The lowest BCUT2D eigenvalue weighted by atomic mass is 10.2. The molecule has 2 aromatic heterocycles. The summed E-state index contributed by atoms with van der Waals surface area (Å²) in [6.07, 6.45) is 3.04. The Kier molecular flexibility index (Phi) is 6.75. The molecule has 150 valence electrons. The summed E-state index contributed by atoms with van der Waals surface area (Å²) in [5.74, 6) is -1.34. The number of fused-ring (bicyclic) bond motifs is 1. The van der Waals surface area contributed by atoms with Gasteiger partial charge < -0.3 is 19.6 Å². The maximum absolute atomic E-state index is 14.2. The van der Waals surface area contributed by atoms with Gasteiger partial charge in [0.05, 0.1) is 16.7 Å². The molecule has 28 heavy (non-hydrogen) atoms. The zero-order valence-corrected chi connectivity index (χ0v) is 16.7. The first kappa shape index (κ1) is 21.4. The minimum atomic E-state index is -1.18. The molecule has 1 aromatic carbocycles. The summed E-state index contributed by atoms with van der Waals surface area (Å²) in [6, 6.07) is 6.30. The van der Waals surface area contributed by atoms with Crippen LogP contribution in [0.1, 0.15) is 43.8 Å². The lowest BCUT2D eigenvalue weighted by Crippen LogP contribution is -2.27. The van der Waals surface area contributed by atoms with Crippen molar-refractivity contribution in [2.75, 3.05) is 11.9 Å². The highest BCUT2D eigenvalue weighted by Crippen LogP contribution is 2.34. The lowest BCUT2D eigenvalue weighted by molar-refractivity contribution is -0.0117. The second-order valence-corrected chi connectivity index (χ2v) is 6.67. The minimum absolute atomic E-state index is 0.114. The number of rotatable bonds is 5. The molecule has 0 atom stereocenters. The molecule has 0 amide bonds. The average molecular weight is 388 g/mol. The van der Waals surface area contributed by atoms with E-state index in [-0.39, 0.29) is 23.7 Å². The number of benzene rings is 1. The number of nitrogens with one attached hydrogen (secondary N) is 1. The minimum Gasteiger partial charge on any atom is -0.457 e. The summed E-state index contributed by atoms with van der Waals surface area (Å²) in [7, 11) is 0. The van der Waals surface area contributed by atoms with Crippen molar-refractivity contribution in [2.24, 2.45) is 0 Å². The van der Waals surface area contributed by atoms with Gasteiger partial charge in [0, 0.05) is 12.4 Å². The van der Waals surface area contributed by atoms with Gasteiger partial charge in [-0.15, -0.1) is 0 Å². The second-order valence-electron chi connectivity index (χ2n) is 6.67. The molecule has 6 nitrogen and oxygen atoms in total.